The number of nitrogens with one attached hydrogen (secondary N) is 1. The summed E-state index contributed by atoms with van der Waals surface area (Å²) >= 11 is 1.84. The van der Waals surface area contributed by atoms with Crippen LogP contribution in [0.15, 0.2) is 12.3 Å². The van der Waals surface area contributed by atoms with Crippen molar-refractivity contribution >= 4 is 23.3 Å². The second-order valence-corrected chi connectivity index (χ2v) is 4.64. The summed E-state index contributed by atoms with van der Waals surface area (Å²) in [5, 5.41) is 3.89. The van der Waals surface area contributed by atoms with Crippen LogP contribution in [0.4, 0.5) is 11.5 Å². The second kappa shape index (κ2) is 5.10. The van der Waals surface area contributed by atoms with Gasteiger partial charge in [0.15, 0.2) is 0 Å². The Hall–Kier alpha value is -0.900. The lowest BCUT2D eigenvalue weighted by atomic mass is 10.2. The minimum atomic E-state index is 0.591. The lowest BCUT2D eigenvalue weighted by molar-refractivity contribution is 0.988. The molecule has 0 saturated heterocycles. The molecule has 78 valence electrons. The van der Waals surface area contributed by atoms with Gasteiger partial charge in [-0.25, -0.2) is 4.98 Å². The molecule has 0 saturated carbocycles. The maximum Gasteiger partial charge on any atom is 0.129 e. The summed E-state index contributed by atoms with van der Waals surface area (Å²) < 4.78 is 0. The van der Waals surface area contributed by atoms with Gasteiger partial charge in [-0.1, -0.05) is 6.92 Å². The Balaban J connectivity index is 2.59. The summed E-state index contributed by atoms with van der Waals surface area (Å²) in [5.41, 5.74) is 7.42. The highest BCUT2D eigenvalue weighted by Gasteiger charge is 2.02. The van der Waals surface area contributed by atoms with E-state index in [4.69, 9.17) is 5.73 Å². The van der Waals surface area contributed by atoms with Crippen LogP contribution in [-0.4, -0.2) is 23.0 Å². The molecule has 3 N–H and O–H groups in total. The molecular weight excluding hydrogens is 194 g/mol. The fourth-order valence-electron chi connectivity index (χ4n) is 1.11. The van der Waals surface area contributed by atoms with Gasteiger partial charge in [-0.2, -0.15) is 11.8 Å². The van der Waals surface area contributed by atoms with Crippen LogP contribution >= 0.6 is 11.8 Å². The first-order chi connectivity index (χ1) is 6.63. The van der Waals surface area contributed by atoms with Gasteiger partial charge in [0.2, 0.25) is 0 Å². The van der Waals surface area contributed by atoms with E-state index >= 15 is 0 Å². The Morgan fingerprint density at radius 2 is 2.36 bits per heavy atom. The standard InChI is InChI=1S/C10H17N3S/c1-7-4-9(11)6-13-10(7)12-5-8(2)14-3/h4,6,8H,5,11H2,1-3H3,(H,12,13). The summed E-state index contributed by atoms with van der Waals surface area (Å²) in [4.78, 5) is 4.24. The van der Waals surface area contributed by atoms with Gasteiger partial charge in [0.05, 0.1) is 11.9 Å². The molecule has 0 radical (unpaired) electrons. The fourth-order valence-corrected chi connectivity index (χ4v) is 1.36. The third-order valence-corrected chi connectivity index (χ3v) is 3.03. The van der Waals surface area contributed by atoms with Crippen molar-refractivity contribution in [3.63, 3.8) is 0 Å². The Morgan fingerprint density at radius 1 is 1.64 bits per heavy atom. The predicted molar refractivity (Wildman–Crippen MR) is 64.9 cm³/mol. The number of hydrogen-bond acceptors (Lipinski definition) is 4. The smallest absolute Gasteiger partial charge is 0.129 e. The minimum absolute atomic E-state index is 0.591. The van der Waals surface area contributed by atoms with E-state index in [1.165, 1.54) is 0 Å². The van der Waals surface area contributed by atoms with E-state index in [1.54, 1.807) is 6.20 Å². The van der Waals surface area contributed by atoms with Gasteiger partial charge in [-0.15, -0.1) is 0 Å². The summed E-state index contributed by atoms with van der Waals surface area (Å²) in [6.45, 7) is 5.12. The van der Waals surface area contributed by atoms with Crippen LogP contribution in [0.1, 0.15) is 12.5 Å². The zero-order chi connectivity index (χ0) is 10.6. The number of aromatic nitrogens is 1. The molecule has 1 aromatic rings. The number of anilines is 2. The maximum atomic E-state index is 5.62. The fraction of sp³-hybridized carbons (Fsp3) is 0.500. The molecule has 1 unspecified atom stereocenters. The Bertz CT molecular complexity index is 301. The summed E-state index contributed by atoms with van der Waals surface area (Å²) in [5.74, 6) is 0.931. The largest absolute Gasteiger partial charge is 0.397 e. The van der Waals surface area contributed by atoms with Crippen molar-refractivity contribution < 1.29 is 0 Å². The highest BCUT2D eigenvalue weighted by Crippen LogP contribution is 2.14. The molecule has 0 aliphatic carbocycles. The monoisotopic (exact) mass is 211 g/mol. The van der Waals surface area contributed by atoms with E-state index in [9.17, 15) is 0 Å². The van der Waals surface area contributed by atoms with Crippen LogP contribution in [0.25, 0.3) is 0 Å². The molecule has 0 aliphatic heterocycles. The van der Waals surface area contributed by atoms with E-state index in [-0.39, 0.29) is 0 Å². The second-order valence-electron chi connectivity index (χ2n) is 3.36. The van der Waals surface area contributed by atoms with Crippen molar-refractivity contribution in [1.82, 2.24) is 4.98 Å². The average molecular weight is 211 g/mol. The van der Waals surface area contributed by atoms with Crippen molar-refractivity contribution in [2.75, 3.05) is 23.9 Å². The molecule has 1 atom stereocenters. The van der Waals surface area contributed by atoms with Gasteiger partial charge in [0, 0.05) is 11.8 Å². The molecule has 1 rings (SSSR count). The molecule has 4 heteroatoms. The van der Waals surface area contributed by atoms with E-state index < -0.39 is 0 Å². The summed E-state index contributed by atoms with van der Waals surface area (Å²) in [6.07, 6.45) is 3.79. The lowest BCUT2D eigenvalue weighted by Crippen LogP contribution is -2.14. The molecule has 14 heavy (non-hydrogen) atoms. The van der Waals surface area contributed by atoms with Crippen molar-refractivity contribution in [3.05, 3.63) is 17.8 Å². The number of aryl methyl sites for hydroxylation is 1. The molecule has 0 bridgehead atoms. The third-order valence-electron chi connectivity index (χ3n) is 2.06. The first-order valence-electron chi connectivity index (χ1n) is 4.62. The SMILES string of the molecule is CSC(C)CNc1ncc(N)cc1C. The first kappa shape index (κ1) is 11.2. The van der Waals surface area contributed by atoms with Crippen molar-refractivity contribution in [3.8, 4) is 0 Å². The molecule has 0 spiro atoms. The highest BCUT2D eigenvalue weighted by molar-refractivity contribution is 7.99. The third kappa shape index (κ3) is 3.10. The number of hydrogen-bond donors (Lipinski definition) is 2. The van der Waals surface area contributed by atoms with Gasteiger partial charge in [0.25, 0.3) is 0 Å². The minimum Gasteiger partial charge on any atom is -0.397 e. The molecule has 0 fully saturated rings. The van der Waals surface area contributed by atoms with Gasteiger partial charge >= 0.3 is 0 Å². The summed E-state index contributed by atoms with van der Waals surface area (Å²) in [7, 11) is 0. The van der Waals surface area contributed by atoms with E-state index in [1.807, 2.05) is 24.8 Å². The van der Waals surface area contributed by atoms with E-state index in [0.29, 0.717) is 10.9 Å². The van der Waals surface area contributed by atoms with Crippen LogP contribution in [0, 0.1) is 6.92 Å². The zero-order valence-electron chi connectivity index (χ0n) is 8.87. The molecule has 1 heterocycles. The number of nitrogen functional groups attached to an aromatic ring is 1. The Labute approximate surface area is 89.5 Å². The quantitative estimate of drug-likeness (QED) is 0.801. The number of rotatable bonds is 4. The topological polar surface area (TPSA) is 50.9 Å². The molecular formula is C10H17N3S. The van der Waals surface area contributed by atoms with Crippen LogP contribution < -0.4 is 11.1 Å². The molecule has 0 aliphatic rings. The lowest BCUT2D eigenvalue weighted by Gasteiger charge is -2.12. The maximum absolute atomic E-state index is 5.62. The number of thioether (sulfide) groups is 1. The summed E-state index contributed by atoms with van der Waals surface area (Å²) in [6, 6.07) is 1.93. The first-order valence-corrected chi connectivity index (χ1v) is 5.91. The number of nitrogens with zero attached hydrogens (tertiary/aromatic N) is 1. The Kier molecular flexibility index (Phi) is 4.07. The van der Waals surface area contributed by atoms with Crippen LogP contribution in [-0.2, 0) is 0 Å². The van der Waals surface area contributed by atoms with Gasteiger partial charge in [-0.3, -0.25) is 0 Å². The predicted octanol–water partition coefficient (Wildman–Crippen LogP) is 2.14. The highest BCUT2D eigenvalue weighted by atomic mass is 32.2. The van der Waals surface area contributed by atoms with Crippen molar-refractivity contribution in [2.45, 2.75) is 19.1 Å². The Morgan fingerprint density at radius 3 is 2.93 bits per heavy atom. The number of nitrogens with two attached hydrogens (primary N) is 1. The average Bonchev–Trinajstić information content (AvgIpc) is 2.16. The zero-order valence-corrected chi connectivity index (χ0v) is 9.69. The van der Waals surface area contributed by atoms with Crippen LogP contribution in [0.2, 0.25) is 0 Å². The van der Waals surface area contributed by atoms with Crippen molar-refractivity contribution in [1.29, 1.82) is 0 Å². The van der Waals surface area contributed by atoms with Crippen molar-refractivity contribution in [2.24, 2.45) is 0 Å². The van der Waals surface area contributed by atoms with Gasteiger partial charge in [-0.05, 0) is 24.8 Å². The van der Waals surface area contributed by atoms with E-state index in [0.717, 1.165) is 17.9 Å². The van der Waals surface area contributed by atoms with Crippen LogP contribution in [0.3, 0.4) is 0 Å². The van der Waals surface area contributed by atoms with Gasteiger partial charge in [0.1, 0.15) is 5.82 Å². The molecule has 1 aromatic heterocycles. The normalized spacial score (nSPS) is 12.5. The molecule has 3 nitrogen and oxygen atoms in total. The van der Waals surface area contributed by atoms with E-state index in [2.05, 4.69) is 23.5 Å². The molecule has 0 amide bonds. The molecule has 0 aromatic carbocycles. The van der Waals surface area contributed by atoms with Crippen LogP contribution in [0.5, 0.6) is 0 Å². The number of pyridine rings is 1. The van der Waals surface area contributed by atoms with Gasteiger partial charge < -0.3 is 11.1 Å².